The molecule has 6 heteroatoms. The van der Waals surface area contributed by atoms with Crippen LogP contribution < -0.4 is 16.6 Å². The minimum absolute atomic E-state index is 0.248. The molecule has 0 saturated heterocycles. The average molecular weight is 365 g/mol. The van der Waals surface area contributed by atoms with E-state index in [0.717, 1.165) is 19.3 Å². The van der Waals surface area contributed by atoms with Crippen molar-refractivity contribution in [3.63, 3.8) is 0 Å². The van der Waals surface area contributed by atoms with Crippen molar-refractivity contribution >= 4 is 28.2 Å². The molecule has 0 radical (unpaired) electrons. The number of aromatic nitrogens is 1. The molecule has 1 amide bonds. The van der Waals surface area contributed by atoms with Gasteiger partial charge in [-0.3, -0.25) is 9.59 Å². The molecule has 3 rings (SSSR count). The van der Waals surface area contributed by atoms with E-state index in [2.05, 4.69) is 12.2 Å². The highest BCUT2D eigenvalue weighted by molar-refractivity contribution is 6.09. The summed E-state index contributed by atoms with van der Waals surface area (Å²) in [6, 6.07) is 13.7. The first kappa shape index (κ1) is 18.5. The Morgan fingerprint density at radius 1 is 1.11 bits per heavy atom. The molecule has 2 aromatic carbocycles. The van der Waals surface area contributed by atoms with Gasteiger partial charge in [0.2, 0.25) is 0 Å². The van der Waals surface area contributed by atoms with Crippen molar-refractivity contribution in [2.45, 2.75) is 32.7 Å². The molecule has 0 aliphatic carbocycles. The number of anilines is 2. The summed E-state index contributed by atoms with van der Waals surface area (Å²) in [4.78, 5) is 25.8. The van der Waals surface area contributed by atoms with Gasteiger partial charge < -0.3 is 20.7 Å². The van der Waals surface area contributed by atoms with Crippen LogP contribution in [-0.4, -0.2) is 15.6 Å². The number of amides is 1. The van der Waals surface area contributed by atoms with Gasteiger partial charge >= 0.3 is 0 Å². The van der Waals surface area contributed by atoms with Gasteiger partial charge in [-0.05, 0) is 42.8 Å². The number of aromatic hydroxyl groups is 1. The lowest BCUT2D eigenvalue weighted by Gasteiger charge is -2.15. The number of fused-ring (bicyclic) bond motifs is 1. The lowest BCUT2D eigenvalue weighted by Crippen LogP contribution is -2.30. The van der Waals surface area contributed by atoms with E-state index in [1.54, 1.807) is 47.0 Å². The van der Waals surface area contributed by atoms with Crippen molar-refractivity contribution in [3.8, 4) is 5.75 Å². The Labute approximate surface area is 157 Å². The molecule has 1 aromatic heterocycles. The molecule has 4 N–H and O–H groups in total. The molecular formula is C21H23N3O3. The number of benzene rings is 2. The highest BCUT2D eigenvalue weighted by Gasteiger charge is 2.22. The molecule has 0 aliphatic heterocycles. The zero-order valence-electron chi connectivity index (χ0n) is 15.2. The molecule has 0 unspecified atom stereocenters. The van der Waals surface area contributed by atoms with Crippen LogP contribution in [0.1, 0.15) is 36.5 Å². The van der Waals surface area contributed by atoms with Gasteiger partial charge in [-0.25, -0.2) is 0 Å². The van der Waals surface area contributed by atoms with Crippen molar-refractivity contribution in [3.05, 3.63) is 64.4 Å². The number of nitrogens with zero attached hydrogens (tertiary/aromatic N) is 1. The molecule has 27 heavy (non-hydrogen) atoms. The predicted molar refractivity (Wildman–Crippen MR) is 108 cm³/mol. The lowest BCUT2D eigenvalue weighted by atomic mass is 10.1. The minimum Gasteiger partial charge on any atom is -0.506 e. The fourth-order valence-corrected chi connectivity index (χ4v) is 3.10. The van der Waals surface area contributed by atoms with E-state index in [9.17, 15) is 14.7 Å². The van der Waals surface area contributed by atoms with Crippen LogP contribution in [0.5, 0.6) is 5.75 Å². The van der Waals surface area contributed by atoms with Gasteiger partial charge in [0.15, 0.2) is 0 Å². The fraction of sp³-hybridized carbons (Fsp3) is 0.238. The summed E-state index contributed by atoms with van der Waals surface area (Å²) in [6.07, 6.45) is 2.83. The van der Waals surface area contributed by atoms with E-state index in [4.69, 9.17) is 5.73 Å². The SMILES string of the molecule is CCCCCn1c(=O)c(C(=O)Nc2ccc(N)cc2)c(O)c2ccccc21. The second kappa shape index (κ2) is 7.95. The first-order valence-electron chi connectivity index (χ1n) is 9.04. The Hall–Kier alpha value is -3.28. The molecule has 0 bridgehead atoms. The second-order valence-corrected chi connectivity index (χ2v) is 6.48. The van der Waals surface area contributed by atoms with Crippen LogP contribution >= 0.6 is 0 Å². The van der Waals surface area contributed by atoms with Gasteiger partial charge in [-0.2, -0.15) is 0 Å². The molecule has 140 valence electrons. The summed E-state index contributed by atoms with van der Waals surface area (Å²) in [5.74, 6) is -0.937. The third-order valence-electron chi connectivity index (χ3n) is 4.53. The maximum absolute atomic E-state index is 13.0. The molecule has 1 heterocycles. The average Bonchev–Trinajstić information content (AvgIpc) is 2.66. The number of nitrogens with one attached hydrogen (secondary N) is 1. The highest BCUT2D eigenvalue weighted by Crippen LogP contribution is 2.27. The number of pyridine rings is 1. The quantitative estimate of drug-likeness (QED) is 0.458. The number of carbonyl (C=O) groups is 1. The van der Waals surface area contributed by atoms with E-state index >= 15 is 0 Å². The summed E-state index contributed by atoms with van der Waals surface area (Å²) >= 11 is 0. The van der Waals surface area contributed by atoms with Crippen molar-refractivity contribution in [2.75, 3.05) is 11.1 Å². The maximum atomic E-state index is 13.0. The molecule has 0 fully saturated rings. The topological polar surface area (TPSA) is 97.4 Å². The van der Waals surface area contributed by atoms with E-state index < -0.39 is 11.5 Å². The molecule has 0 spiro atoms. The summed E-state index contributed by atoms with van der Waals surface area (Å²) in [5, 5.41) is 13.8. The third-order valence-corrected chi connectivity index (χ3v) is 4.53. The number of aryl methyl sites for hydroxylation is 1. The fourth-order valence-electron chi connectivity index (χ4n) is 3.10. The first-order chi connectivity index (χ1) is 13.0. The number of para-hydroxylation sites is 1. The van der Waals surface area contributed by atoms with Crippen LogP contribution in [0.25, 0.3) is 10.9 Å². The summed E-state index contributed by atoms with van der Waals surface area (Å²) in [6.45, 7) is 2.58. The number of nitrogens with two attached hydrogens (primary N) is 1. The van der Waals surface area contributed by atoms with Gasteiger partial charge in [0.05, 0.1) is 5.52 Å². The normalized spacial score (nSPS) is 10.9. The van der Waals surface area contributed by atoms with Crippen molar-refractivity contribution < 1.29 is 9.90 Å². The minimum atomic E-state index is -0.641. The van der Waals surface area contributed by atoms with E-state index in [-0.39, 0.29) is 11.3 Å². The van der Waals surface area contributed by atoms with E-state index in [1.165, 1.54) is 0 Å². The smallest absolute Gasteiger partial charge is 0.267 e. The Kier molecular flexibility index (Phi) is 5.45. The Morgan fingerprint density at radius 3 is 2.52 bits per heavy atom. The van der Waals surface area contributed by atoms with Crippen LogP contribution in [-0.2, 0) is 6.54 Å². The summed E-state index contributed by atoms with van der Waals surface area (Å²) < 4.78 is 1.57. The van der Waals surface area contributed by atoms with Crippen molar-refractivity contribution in [1.82, 2.24) is 4.57 Å². The van der Waals surface area contributed by atoms with Crippen LogP contribution in [0.4, 0.5) is 11.4 Å². The number of nitrogen functional groups attached to an aromatic ring is 1. The number of carbonyl (C=O) groups excluding carboxylic acids is 1. The van der Waals surface area contributed by atoms with Crippen LogP contribution in [0.3, 0.4) is 0 Å². The van der Waals surface area contributed by atoms with E-state index in [1.807, 2.05) is 6.07 Å². The van der Waals surface area contributed by atoms with Gasteiger partial charge in [0.25, 0.3) is 11.5 Å². The van der Waals surface area contributed by atoms with Gasteiger partial charge in [-0.1, -0.05) is 31.9 Å². The molecule has 0 aliphatic rings. The standard InChI is InChI=1S/C21H23N3O3/c1-2-3-6-13-24-17-8-5-4-7-16(17)19(25)18(21(24)27)20(26)23-15-11-9-14(22)10-12-15/h4-5,7-12,25H,2-3,6,13,22H2,1H3,(H,23,26). The molecule has 0 saturated carbocycles. The molecule has 3 aromatic rings. The zero-order valence-corrected chi connectivity index (χ0v) is 15.2. The molecule has 0 atom stereocenters. The van der Waals surface area contributed by atoms with Crippen molar-refractivity contribution in [1.29, 1.82) is 0 Å². The van der Waals surface area contributed by atoms with Crippen LogP contribution in [0.15, 0.2) is 53.3 Å². The van der Waals surface area contributed by atoms with Gasteiger partial charge in [0, 0.05) is 23.3 Å². The monoisotopic (exact) mass is 365 g/mol. The summed E-state index contributed by atoms with van der Waals surface area (Å²) in [7, 11) is 0. The Morgan fingerprint density at radius 2 is 1.81 bits per heavy atom. The predicted octanol–water partition coefficient (Wildman–Crippen LogP) is 3.73. The molecule has 6 nitrogen and oxygen atoms in total. The number of unbranched alkanes of at least 4 members (excludes halogenated alkanes) is 2. The van der Waals surface area contributed by atoms with E-state index in [0.29, 0.717) is 28.8 Å². The maximum Gasteiger partial charge on any atom is 0.267 e. The Balaban J connectivity index is 2.07. The van der Waals surface area contributed by atoms with Crippen LogP contribution in [0.2, 0.25) is 0 Å². The molecular weight excluding hydrogens is 342 g/mol. The first-order valence-corrected chi connectivity index (χ1v) is 9.04. The van der Waals surface area contributed by atoms with Crippen molar-refractivity contribution in [2.24, 2.45) is 0 Å². The number of hydrogen-bond acceptors (Lipinski definition) is 4. The lowest BCUT2D eigenvalue weighted by molar-refractivity contribution is 0.102. The van der Waals surface area contributed by atoms with Crippen LogP contribution in [0, 0.1) is 0 Å². The third kappa shape index (κ3) is 3.79. The number of rotatable bonds is 6. The zero-order chi connectivity index (χ0) is 19.4. The highest BCUT2D eigenvalue weighted by atomic mass is 16.3. The number of hydrogen-bond donors (Lipinski definition) is 3. The second-order valence-electron chi connectivity index (χ2n) is 6.48. The summed E-state index contributed by atoms with van der Waals surface area (Å²) in [5.41, 5.74) is 6.61. The Bertz CT molecular complexity index is 1020. The van der Waals surface area contributed by atoms with Gasteiger partial charge in [0.1, 0.15) is 11.3 Å². The van der Waals surface area contributed by atoms with Gasteiger partial charge in [-0.15, -0.1) is 0 Å². The largest absolute Gasteiger partial charge is 0.506 e.